The second-order valence-electron chi connectivity index (χ2n) is 2.96. The van der Waals surface area contributed by atoms with E-state index in [1.165, 1.54) is 6.92 Å². The molecule has 1 aromatic rings. The lowest BCUT2D eigenvalue weighted by Gasteiger charge is -2.08. The van der Waals surface area contributed by atoms with E-state index in [1.54, 1.807) is 0 Å². The zero-order valence-electron chi connectivity index (χ0n) is 7.56. The molecule has 0 spiro atoms. The van der Waals surface area contributed by atoms with Crippen LogP contribution in [0.15, 0.2) is 22.7 Å². The fourth-order valence-electron chi connectivity index (χ4n) is 1.09. The van der Waals surface area contributed by atoms with Crippen LogP contribution in [0, 0.1) is 0 Å². The van der Waals surface area contributed by atoms with Crippen molar-refractivity contribution >= 4 is 44.9 Å². The molecule has 0 aliphatic rings. The maximum absolute atomic E-state index is 11.1. The first-order chi connectivity index (χ1) is 6.56. The molecule has 0 N–H and O–H groups in total. The van der Waals surface area contributed by atoms with E-state index in [4.69, 9.17) is 23.2 Å². The fourth-order valence-corrected chi connectivity index (χ4v) is 1.99. The number of ketones is 1. The minimum absolute atomic E-state index is 0.0606. The summed E-state index contributed by atoms with van der Waals surface area (Å²) in [6.07, 6.45) is 0. The molecule has 0 amide bonds. The number of Topliss-reactive ketones (excluding diaryl/α,β-unsaturated/α-hetero) is 1. The Morgan fingerprint density at radius 1 is 1.57 bits per heavy atom. The molecule has 0 saturated carbocycles. The highest BCUT2D eigenvalue weighted by atomic mass is 79.9. The van der Waals surface area contributed by atoms with Gasteiger partial charge in [-0.3, -0.25) is 4.79 Å². The van der Waals surface area contributed by atoms with Crippen LogP contribution in [0.25, 0.3) is 0 Å². The maximum Gasteiger partial charge on any atom is 0.152 e. The molecule has 14 heavy (non-hydrogen) atoms. The van der Waals surface area contributed by atoms with Crippen molar-refractivity contribution in [3.63, 3.8) is 0 Å². The van der Waals surface area contributed by atoms with Crippen molar-refractivity contribution in [1.82, 2.24) is 0 Å². The molecule has 1 nitrogen and oxygen atoms in total. The number of hydrogen-bond acceptors (Lipinski definition) is 1. The Labute approximate surface area is 102 Å². The zero-order chi connectivity index (χ0) is 10.7. The Hall–Kier alpha value is -0.0500. The van der Waals surface area contributed by atoms with Crippen LogP contribution in [0.3, 0.4) is 0 Å². The fraction of sp³-hybridized carbons (Fsp3) is 0.300. The molecule has 0 aromatic heterocycles. The summed E-state index contributed by atoms with van der Waals surface area (Å²) in [6, 6.07) is 5.51. The summed E-state index contributed by atoms with van der Waals surface area (Å²) in [5, 5.41) is -0.579. The van der Waals surface area contributed by atoms with E-state index in [1.807, 2.05) is 18.2 Å². The van der Waals surface area contributed by atoms with Gasteiger partial charge in [-0.05, 0) is 24.1 Å². The standard InChI is InChI=1S/C10H9BrCl2O/c1-6(14)10(13)7-2-3-9(11)8(4-7)5-12/h2-4,10H,5H2,1H3. The second kappa shape index (κ2) is 5.15. The lowest BCUT2D eigenvalue weighted by Crippen LogP contribution is -2.02. The maximum atomic E-state index is 11.1. The lowest BCUT2D eigenvalue weighted by molar-refractivity contribution is -0.116. The summed E-state index contributed by atoms with van der Waals surface area (Å²) in [5.74, 6) is 0.338. The summed E-state index contributed by atoms with van der Waals surface area (Å²) < 4.78 is 0.934. The van der Waals surface area contributed by atoms with E-state index in [0.29, 0.717) is 5.88 Å². The highest BCUT2D eigenvalue weighted by Gasteiger charge is 2.13. The SMILES string of the molecule is CC(=O)C(Cl)c1ccc(Br)c(CCl)c1. The van der Waals surface area contributed by atoms with Crippen molar-refractivity contribution in [2.75, 3.05) is 0 Å². The molecule has 4 heteroatoms. The van der Waals surface area contributed by atoms with Gasteiger partial charge in [0.05, 0.1) is 0 Å². The van der Waals surface area contributed by atoms with Crippen molar-refractivity contribution in [2.45, 2.75) is 18.2 Å². The van der Waals surface area contributed by atoms with Gasteiger partial charge in [-0.1, -0.05) is 28.1 Å². The molecule has 0 heterocycles. The third-order valence-corrected chi connectivity index (χ3v) is 3.48. The third-order valence-electron chi connectivity index (χ3n) is 1.86. The summed E-state index contributed by atoms with van der Waals surface area (Å²) in [6.45, 7) is 1.47. The van der Waals surface area contributed by atoms with Gasteiger partial charge in [0, 0.05) is 10.4 Å². The van der Waals surface area contributed by atoms with Crippen LogP contribution in [0.1, 0.15) is 23.4 Å². The molecule has 1 unspecified atom stereocenters. The Morgan fingerprint density at radius 2 is 2.21 bits per heavy atom. The molecule has 0 saturated heterocycles. The Bertz CT molecular complexity index is 352. The molecule has 0 aliphatic heterocycles. The predicted octanol–water partition coefficient (Wildman–Crippen LogP) is 4.06. The van der Waals surface area contributed by atoms with Gasteiger partial charge in [0.1, 0.15) is 5.38 Å². The van der Waals surface area contributed by atoms with Crippen LogP contribution < -0.4 is 0 Å². The smallest absolute Gasteiger partial charge is 0.152 e. The van der Waals surface area contributed by atoms with Crippen molar-refractivity contribution in [3.05, 3.63) is 33.8 Å². The molecule has 0 bridgehead atoms. The highest BCUT2D eigenvalue weighted by Crippen LogP contribution is 2.27. The van der Waals surface area contributed by atoms with Crippen molar-refractivity contribution in [1.29, 1.82) is 0 Å². The van der Waals surface area contributed by atoms with Crippen LogP contribution in [-0.2, 0) is 10.7 Å². The summed E-state index contributed by atoms with van der Waals surface area (Å²) >= 11 is 15.0. The van der Waals surface area contributed by atoms with Crippen molar-refractivity contribution in [2.24, 2.45) is 0 Å². The third kappa shape index (κ3) is 2.72. The van der Waals surface area contributed by atoms with Crippen LogP contribution in [-0.4, -0.2) is 5.78 Å². The molecular formula is C10H9BrCl2O. The van der Waals surface area contributed by atoms with E-state index in [0.717, 1.165) is 15.6 Å². The Kier molecular flexibility index (Phi) is 4.42. The highest BCUT2D eigenvalue weighted by molar-refractivity contribution is 9.10. The molecule has 1 aromatic carbocycles. The van der Waals surface area contributed by atoms with Crippen LogP contribution in [0.5, 0.6) is 0 Å². The van der Waals surface area contributed by atoms with Crippen LogP contribution in [0.2, 0.25) is 0 Å². The van der Waals surface area contributed by atoms with Crippen LogP contribution in [0.4, 0.5) is 0 Å². The Balaban J connectivity index is 3.06. The van der Waals surface area contributed by atoms with Gasteiger partial charge in [0.2, 0.25) is 0 Å². The summed E-state index contributed by atoms with van der Waals surface area (Å²) in [7, 11) is 0. The quantitative estimate of drug-likeness (QED) is 0.769. The second-order valence-corrected chi connectivity index (χ2v) is 4.52. The number of carbonyl (C=O) groups excluding carboxylic acids is 1. The minimum Gasteiger partial charge on any atom is -0.298 e. The minimum atomic E-state index is -0.579. The predicted molar refractivity (Wildman–Crippen MR) is 63.0 cm³/mol. The normalized spacial score (nSPS) is 12.6. The monoisotopic (exact) mass is 294 g/mol. The number of halogens is 3. The van der Waals surface area contributed by atoms with Gasteiger partial charge in [-0.2, -0.15) is 0 Å². The topological polar surface area (TPSA) is 17.1 Å². The van der Waals surface area contributed by atoms with Crippen molar-refractivity contribution < 1.29 is 4.79 Å². The van der Waals surface area contributed by atoms with E-state index in [-0.39, 0.29) is 5.78 Å². The summed E-state index contributed by atoms with van der Waals surface area (Å²) in [4.78, 5) is 11.1. The van der Waals surface area contributed by atoms with Crippen LogP contribution >= 0.6 is 39.1 Å². The van der Waals surface area contributed by atoms with E-state index >= 15 is 0 Å². The van der Waals surface area contributed by atoms with Crippen molar-refractivity contribution in [3.8, 4) is 0 Å². The molecule has 0 radical (unpaired) electrons. The number of alkyl halides is 2. The van der Waals surface area contributed by atoms with E-state index < -0.39 is 5.38 Å². The first kappa shape index (κ1) is 12.0. The van der Waals surface area contributed by atoms with E-state index in [9.17, 15) is 4.79 Å². The largest absolute Gasteiger partial charge is 0.298 e. The van der Waals surface area contributed by atoms with Gasteiger partial charge in [0.15, 0.2) is 5.78 Å². The molecular weight excluding hydrogens is 287 g/mol. The molecule has 0 aliphatic carbocycles. The lowest BCUT2D eigenvalue weighted by atomic mass is 10.1. The van der Waals surface area contributed by atoms with Gasteiger partial charge >= 0.3 is 0 Å². The molecule has 1 atom stereocenters. The number of hydrogen-bond donors (Lipinski definition) is 0. The molecule has 0 fully saturated rings. The number of rotatable bonds is 3. The number of benzene rings is 1. The van der Waals surface area contributed by atoms with E-state index in [2.05, 4.69) is 15.9 Å². The number of carbonyl (C=O) groups is 1. The first-order valence-electron chi connectivity index (χ1n) is 4.05. The van der Waals surface area contributed by atoms with Gasteiger partial charge in [0.25, 0.3) is 0 Å². The van der Waals surface area contributed by atoms with Gasteiger partial charge in [-0.25, -0.2) is 0 Å². The average molecular weight is 296 g/mol. The average Bonchev–Trinajstić information content (AvgIpc) is 2.17. The van der Waals surface area contributed by atoms with Gasteiger partial charge < -0.3 is 0 Å². The summed E-state index contributed by atoms with van der Waals surface area (Å²) in [5.41, 5.74) is 1.73. The first-order valence-corrected chi connectivity index (χ1v) is 5.81. The molecule has 1 rings (SSSR count). The van der Waals surface area contributed by atoms with Gasteiger partial charge in [-0.15, -0.1) is 23.2 Å². The Morgan fingerprint density at radius 3 is 2.71 bits per heavy atom. The zero-order valence-corrected chi connectivity index (χ0v) is 10.7. The molecule has 76 valence electrons.